The zero-order valence-electron chi connectivity index (χ0n) is 9.78. The fraction of sp³-hybridized carbons (Fsp3) is 0.667. The second-order valence-corrected chi connectivity index (χ2v) is 4.00. The fourth-order valence-corrected chi connectivity index (χ4v) is 1.80. The van der Waals surface area contributed by atoms with E-state index >= 15 is 0 Å². The summed E-state index contributed by atoms with van der Waals surface area (Å²) in [5.74, 6) is 0. The molecule has 0 aliphatic heterocycles. The lowest BCUT2D eigenvalue weighted by molar-refractivity contribution is 0.244. The van der Waals surface area contributed by atoms with E-state index in [0.717, 1.165) is 6.54 Å². The van der Waals surface area contributed by atoms with Crippen molar-refractivity contribution >= 4 is 0 Å². The maximum Gasteiger partial charge on any atom is 0.0950 e. The van der Waals surface area contributed by atoms with Crippen molar-refractivity contribution in [1.29, 1.82) is 0 Å². The first kappa shape index (κ1) is 12.3. The summed E-state index contributed by atoms with van der Waals surface area (Å²) < 4.78 is 5.09. The molecular weight excluding hydrogens is 188 g/mol. The van der Waals surface area contributed by atoms with E-state index in [1.54, 1.807) is 12.5 Å². The predicted molar refractivity (Wildman–Crippen MR) is 62.7 cm³/mol. The van der Waals surface area contributed by atoms with Crippen LogP contribution in [0.4, 0.5) is 0 Å². The van der Waals surface area contributed by atoms with Gasteiger partial charge in [0.1, 0.15) is 0 Å². The first-order valence-corrected chi connectivity index (χ1v) is 5.72. The van der Waals surface area contributed by atoms with E-state index in [1.807, 2.05) is 6.07 Å². The lowest BCUT2D eigenvalue weighted by atomic mass is 10.1. The molecule has 0 amide bonds. The molecule has 0 radical (unpaired) electrons. The van der Waals surface area contributed by atoms with Gasteiger partial charge >= 0.3 is 0 Å². The third-order valence-electron chi connectivity index (χ3n) is 2.80. The van der Waals surface area contributed by atoms with Gasteiger partial charge in [0.15, 0.2) is 0 Å². The Labute approximate surface area is 92.2 Å². The Morgan fingerprint density at radius 1 is 1.47 bits per heavy atom. The molecule has 0 saturated heterocycles. The van der Waals surface area contributed by atoms with Gasteiger partial charge in [0, 0.05) is 18.2 Å². The number of hydrogen-bond acceptors (Lipinski definition) is 3. The van der Waals surface area contributed by atoms with E-state index in [1.165, 1.54) is 24.8 Å². The highest BCUT2D eigenvalue weighted by Gasteiger charge is 2.15. The molecule has 1 aromatic rings. The lowest BCUT2D eigenvalue weighted by Crippen LogP contribution is -2.31. The first-order valence-electron chi connectivity index (χ1n) is 5.72. The maximum absolute atomic E-state index is 5.79. The SMILES string of the molecule is CCCCCN(C)C(CN)c1ccoc1. The van der Waals surface area contributed by atoms with Gasteiger partial charge in [-0.25, -0.2) is 0 Å². The summed E-state index contributed by atoms with van der Waals surface area (Å²) in [6, 6.07) is 2.29. The van der Waals surface area contributed by atoms with Crippen LogP contribution in [0.2, 0.25) is 0 Å². The molecule has 1 unspecified atom stereocenters. The van der Waals surface area contributed by atoms with Gasteiger partial charge in [-0.1, -0.05) is 19.8 Å². The zero-order chi connectivity index (χ0) is 11.1. The average molecular weight is 210 g/mol. The summed E-state index contributed by atoms with van der Waals surface area (Å²) in [6.45, 7) is 3.96. The van der Waals surface area contributed by atoms with Crippen LogP contribution in [0.1, 0.15) is 37.8 Å². The van der Waals surface area contributed by atoms with Crippen molar-refractivity contribution < 1.29 is 4.42 Å². The highest BCUT2D eigenvalue weighted by atomic mass is 16.3. The summed E-state index contributed by atoms with van der Waals surface area (Å²) in [5, 5.41) is 0. The summed E-state index contributed by atoms with van der Waals surface area (Å²) in [7, 11) is 2.13. The molecule has 0 aliphatic rings. The molecular formula is C12H22N2O. The third-order valence-corrected chi connectivity index (χ3v) is 2.80. The van der Waals surface area contributed by atoms with Gasteiger partial charge in [0.2, 0.25) is 0 Å². The maximum atomic E-state index is 5.79. The minimum Gasteiger partial charge on any atom is -0.472 e. The van der Waals surface area contributed by atoms with E-state index < -0.39 is 0 Å². The van der Waals surface area contributed by atoms with Crippen LogP contribution >= 0.6 is 0 Å². The highest BCUT2D eigenvalue weighted by Crippen LogP contribution is 2.18. The molecule has 0 aromatic carbocycles. The molecule has 0 aliphatic carbocycles. The molecule has 0 saturated carbocycles. The first-order chi connectivity index (χ1) is 7.29. The number of furan rings is 1. The van der Waals surface area contributed by atoms with Crippen molar-refractivity contribution in [3.63, 3.8) is 0 Å². The van der Waals surface area contributed by atoms with Crippen LogP contribution < -0.4 is 5.73 Å². The van der Waals surface area contributed by atoms with Gasteiger partial charge in [0.05, 0.1) is 12.5 Å². The molecule has 3 nitrogen and oxygen atoms in total. The average Bonchev–Trinajstić information content (AvgIpc) is 2.73. The Morgan fingerprint density at radius 3 is 2.80 bits per heavy atom. The van der Waals surface area contributed by atoms with Crippen LogP contribution in [0.3, 0.4) is 0 Å². The number of hydrogen-bond donors (Lipinski definition) is 1. The smallest absolute Gasteiger partial charge is 0.0950 e. The minimum atomic E-state index is 0.292. The summed E-state index contributed by atoms with van der Waals surface area (Å²) in [4.78, 5) is 2.31. The Balaban J connectivity index is 2.44. The van der Waals surface area contributed by atoms with E-state index in [9.17, 15) is 0 Å². The van der Waals surface area contributed by atoms with Gasteiger partial charge in [-0.3, -0.25) is 4.90 Å². The number of rotatable bonds is 7. The molecule has 2 N–H and O–H groups in total. The molecule has 3 heteroatoms. The van der Waals surface area contributed by atoms with Crippen LogP contribution in [-0.4, -0.2) is 25.0 Å². The largest absolute Gasteiger partial charge is 0.472 e. The van der Waals surface area contributed by atoms with Gasteiger partial charge in [-0.15, -0.1) is 0 Å². The van der Waals surface area contributed by atoms with Crippen molar-refractivity contribution in [2.45, 2.75) is 32.2 Å². The van der Waals surface area contributed by atoms with Gasteiger partial charge in [-0.2, -0.15) is 0 Å². The molecule has 86 valence electrons. The molecule has 1 aromatic heterocycles. The molecule has 0 spiro atoms. The monoisotopic (exact) mass is 210 g/mol. The Kier molecular flexibility index (Phi) is 5.43. The topological polar surface area (TPSA) is 42.4 Å². The molecule has 1 heterocycles. The zero-order valence-corrected chi connectivity index (χ0v) is 9.78. The van der Waals surface area contributed by atoms with E-state index in [4.69, 9.17) is 10.2 Å². The molecule has 1 atom stereocenters. The quantitative estimate of drug-likeness (QED) is 0.703. The Morgan fingerprint density at radius 2 is 2.27 bits per heavy atom. The highest BCUT2D eigenvalue weighted by molar-refractivity contribution is 5.12. The number of nitrogens with two attached hydrogens (primary N) is 1. The number of likely N-dealkylation sites (N-methyl/N-ethyl adjacent to an activating group) is 1. The van der Waals surface area contributed by atoms with Crippen molar-refractivity contribution in [1.82, 2.24) is 4.90 Å². The van der Waals surface area contributed by atoms with Crippen LogP contribution in [0.25, 0.3) is 0 Å². The molecule has 1 rings (SSSR count). The molecule has 0 fully saturated rings. The van der Waals surface area contributed by atoms with Crippen LogP contribution in [0, 0.1) is 0 Å². The van der Waals surface area contributed by atoms with Crippen molar-refractivity contribution in [3.8, 4) is 0 Å². The van der Waals surface area contributed by atoms with E-state index in [-0.39, 0.29) is 0 Å². The van der Waals surface area contributed by atoms with Crippen molar-refractivity contribution in [3.05, 3.63) is 24.2 Å². The van der Waals surface area contributed by atoms with Gasteiger partial charge in [-0.05, 0) is 26.1 Å². The van der Waals surface area contributed by atoms with Crippen LogP contribution in [-0.2, 0) is 0 Å². The molecule has 0 bridgehead atoms. The van der Waals surface area contributed by atoms with E-state index in [0.29, 0.717) is 12.6 Å². The standard InChI is InChI=1S/C12H22N2O/c1-3-4-5-7-14(2)12(9-13)11-6-8-15-10-11/h6,8,10,12H,3-5,7,9,13H2,1-2H3. The van der Waals surface area contributed by atoms with E-state index in [2.05, 4.69) is 18.9 Å². The summed E-state index contributed by atoms with van der Waals surface area (Å²) >= 11 is 0. The lowest BCUT2D eigenvalue weighted by Gasteiger charge is -2.25. The normalized spacial score (nSPS) is 13.3. The van der Waals surface area contributed by atoms with Crippen molar-refractivity contribution in [2.75, 3.05) is 20.1 Å². The number of unbranched alkanes of at least 4 members (excludes halogenated alkanes) is 2. The molecule has 15 heavy (non-hydrogen) atoms. The van der Waals surface area contributed by atoms with Crippen molar-refractivity contribution in [2.24, 2.45) is 5.73 Å². The third kappa shape index (κ3) is 3.68. The Bertz CT molecular complexity index is 246. The predicted octanol–water partition coefficient (Wildman–Crippen LogP) is 2.40. The van der Waals surface area contributed by atoms with Crippen LogP contribution in [0.15, 0.2) is 23.0 Å². The van der Waals surface area contributed by atoms with Gasteiger partial charge in [0.25, 0.3) is 0 Å². The summed E-state index contributed by atoms with van der Waals surface area (Å²) in [6.07, 6.45) is 7.27. The second kappa shape index (κ2) is 6.64. The van der Waals surface area contributed by atoms with Gasteiger partial charge < -0.3 is 10.2 Å². The fourth-order valence-electron chi connectivity index (χ4n) is 1.80. The minimum absolute atomic E-state index is 0.292. The second-order valence-electron chi connectivity index (χ2n) is 4.00. The van der Waals surface area contributed by atoms with Crippen LogP contribution in [0.5, 0.6) is 0 Å². The number of nitrogens with zero attached hydrogens (tertiary/aromatic N) is 1. The Hall–Kier alpha value is -0.800. The summed E-state index contributed by atoms with van der Waals surface area (Å²) in [5.41, 5.74) is 6.96.